The monoisotopic (exact) mass is 278 g/mol. The number of amides is 3. The lowest BCUT2D eigenvalue weighted by Crippen LogP contribution is -2.83. The normalized spacial score (nSPS) is 41.9. The molecule has 0 aromatic rings. The quantitative estimate of drug-likeness (QED) is 0.764. The predicted octanol–water partition coefficient (Wildman–Crippen LogP) is -0.151. The Hall–Kier alpha value is -1.30. The molecule has 3 saturated carbocycles. The van der Waals surface area contributed by atoms with Gasteiger partial charge in [0.25, 0.3) is 0 Å². The van der Waals surface area contributed by atoms with Gasteiger partial charge in [0.05, 0.1) is 11.6 Å². The van der Waals surface area contributed by atoms with E-state index in [2.05, 4.69) is 10.2 Å². The van der Waals surface area contributed by atoms with E-state index in [-0.39, 0.29) is 23.0 Å². The first kappa shape index (κ1) is 12.4. The van der Waals surface area contributed by atoms with Crippen LogP contribution in [0.15, 0.2) is 0 Å². The largest absolute Gasteiger partial charge is 0.340 e. The van der Waals surface area contributed by atoms with E-state index in [4.69, 9.17) is 0 Å². The standard InChI is InChI=1S/C14H22N4O2/c1-10(19)16(2)13-7-14(8-13,9-13)18-6-11-5-15-3-4-17(11)12(18)20/h11,15H,3-9H2,1-2H3/t11-,13?,14?/m0/s1. The Morgan fingerprint density at radius 3 is 2.70 bits per heavy atom. The van der Waals surface area contributed by atoms with Crippen LogP contribution in [0.5, 0.6) is 0 Å². The van der Waals surface area contributed by atoms with Gasteiger partial charge < -0.3 is 20.0 Å². The predicted molar refractivity (Wildman–Crippen MR) is 73.2 cm³/mol. The molecule has 0 unspecified atom stereocenters. The first-order valence-electron chi connectivity index (χ1n) is 7.51. The molecule has 6 nitrogen and oxygen atoms in total. The fraction of sp³-hybridized carbons (Fsp3) is 0.857. The summed E-state index contributed by atoms with van der Waals surface area (Å²) in [4.78, 5) is 30.1. The molecule has 3 amide bonds. The molecular formula is C14H22N4O2. The molecule has 0 radical (unpaired) electrons. The maximum Gasteiger partial charge on any atom is 0.320 e. The van der Waals surface area contributed by atoms with Gasteiger partial charge in [-0.3, -0.25) is 4.79 Å². The second kappa shape index (κ2) is 3.67. The van der Waals surface area contributed by atoms with Crippen molar-refractivity contribution in [2.24, 2.45) is 0 Å². The number of nitrogens with one attached hydrogen (secondary N) is 1. The first-order valence-corrected chi connectivity index (χ1v) is 7.51. The van der Waals surface area contributed by atoms with Crippen molar-refractivity contribution in [2.45, 2.75) is 43.3 Å². The highest BCUT2D eigenvalue weighted by atomic mass is 16.2. The molecule has 5 rings (SSSR count). The van der Waals surface area contributed by atoms with Crippen molar-refractivity contribution in [3.8, 4) is 0 Å². The van der Waals surface area contributed by atoms with Crippen LogP contribution in [0.1, 0.15) is 26.2 Å². The number of urea groups is 1. The number of fused-ring (bicyclic) bond motifs is 1. The van der Waals surface area contributed by atoms with Gasteiger partial charge in [0.15, 0.2) is 0 Å². The summed E-state index contributed by atoms with van der Waals surface area (Å²) in [7, 11) is 1.89. The van der Waals surface area contributed by atoms with Crippen molar-refractivity contribution in [3.63, 3.8) is 0 Å². The molecule has 2 saturated heterocycles. The van der Waals surface area contributed by atoms with Gasteiger partial charge in [-0.25, -0.2) is 4.79 Å². The lowest BCUT2D eigenvalue weighted by atomic mass is 9.42. The van der Waals surface area contributed by atoms with Gasteiger partial charge in [-0.15, -0.1) is 0 Å². The van der Waals surface area contributed by atoms with E-state index >= 15 is 0 Å². The second-order valence-electron chi connectivity index (χ2n) is 7.00. The van der Waals surface area contributed by atoms with Crippen molar-refractivity contribution < 1.29 is 9.59 Å². The van der Waals surface area contributed by atoms with Crippen molar-refractivity contribution in [1.82, 2.24) is 20.0 Å². The van der Waals surface area contributed by atoms with E-state index in [9.17, 15) is 9.59 Å². The molecule has 20 heavy (non-hydrogen) atoms. The maximum absolute atomic E-state index is 12.6. The van der Waals surface area contributed by atoms with Gasteiger partial charge >= 0.3 is 6.03 Å². The van der Waals surface area contributed by atoms with Gasteiger partial charge in [0.1, 0.15) is 0 Å². The van der Waals surface area contributed by atoms with Crippen molar-refractivity contribution >= 4 is 11.9 Å². The molecule has 110 valence electrons. The Bertz CT molecular complexity index is 472. The summed E-state index contributed by atoms with van der Waals surface area (Å²) in [5.41, 5.74) is 0.103. The summed E-state index contributed by atoms with van der Waals surface area (Å²) in [5.74, 6) is 0.132. The minimum Gasteiger partial charge on any atom is -0.340 e. The lowest BCUT2D eigenvalue weighted by molar-refractivity contribution is -0.209. The van der Waals surface area contributed by atoms with Crippen LogP contribution in [0, 0.1) is 0 Å². The number of carbonyl (C=O) groups excluding carboxylic acids is 2. The lowest BCUT2D eigenvalue weighted by Gasteiger charge is -2.75. The van der Waals surface area contributed by atoms with E-state index in [1.165, 1.54) is 0 Å². The maximum atomic E-state index is 12.6. The van der Waals surface area contributed by atoms with Crippen LogP contribution >= 0.6 is 0 Å². The van der Waals surface area contributed by atoms with E-state index in [0.717, 1.165) is 45.4 Å². The molecule has 0 spiro atoms. The third kappa shape index (κ3) is 1.33. The zero-order valence-electron chi connectivity index (χ0n) is 12.2. The summed E-state index contributed by atoms with van der Waals surface area (Å²) in [6.07, 6.45) is 2.90. The third-order valence-corrected chi connectivity index (χ3v) is 5.95. The highest BCUT2D eigenvalue weighted by Gasteiger charge is 2.74. The molecule has 0 aromatic carbocycles. The fourth-order valence-corrected chi connectivity index (χ4v) is 4.67. The Labute approximate surface area is 119 Å². The van der Waals surface area contributed by atoms with E-state index in [0.29, 0.717) is 6.04 Å². The minimum atomic E-state index is 0.0491. The molecule has 1 atom stereocenters. The van der Waals surface area contributed by atoms with Gasteiger partial charge in [-0.2, -0.15) is 0 Å². The van der Waals surface area contributed by atoms with Gasteiger partial charge in [0, 0.05) is 45.7 Å². The summed E-state index contributed by atoms with van der Waals surface area (Å²) < 4.78 is 0. The smallest absolute Gasteiger partial charge is 0.320 e. The summed E-state index contributed by atoms with van der Waals surface area (Å²) >= 11 is 0. The van der Waals surface area contributed by atoms with Gasteiger partial charge in [-0.05, 0) is 19.3 Å². The molecule has 6 heteroatoms. The average Bonchev–Trinajstić information content (AvgIpc) is 2.64. The second-order valence-corrected chi connectivity index (χ2v) is 7.00. The fourth-order valence-electron chi connectivity index (χ4n) is 4.67. The van der Waals surface area contributed by atoms with Crippen LogP contribution < -0.4 is 5.32 Å². The summed E-state index contributed by atoms with van der Waals surface area (Å²) in [5, 5.41) is 3.36. The van der Waals surface area contributed by atoms with Crippen LogP contribution in [-0.2, 0) is 4.79 Å². The number of piperazine rings is 1. The Balaban J connectivity index is 1.47. The SMILES string of the molecule is CC(=O)N(C)C12CC(N3C[C@@H]4CNCCN4C3=O)(C1)C2. The molecule has 1 N–H and O–H groups in total. The molecular weight excluding hydrogens is 256 g/mol. The van der Waals surface area contributed by atoms with E-state index in [1.54, 1.807) is 6.92 Å². The van der Waals surface area contributed by atoms with Crippen LogP contribution in [-0.4, -0.2) is 77.0 Å². The molecule has 5 fully saturated rings. The van der Waals surface area contributed by atoms with Gasteiger partial charge in [0.2, 0.25) is 5.91 Å². The molecule has 0 aromatic heterocycles. The number of hydrogen-bond donors (Lipinski definition) is 1. The number of rotatable bonds is 2. The third-order valence-electron chi connectivity index (χ3n) is 5.95. The van der Waals surface area contributed by atoms with Crippen molar-refractivity contribution in [1.29, 1.82) is 0 Å². The molecule has 5 aliphatic rings. The number of carbonyl (C=O) groups is 2. The highest BCUT2D eigenvalue weighted by molar-refractivity contribution is 5.80. The zero-order valence-corrected chi connectivity index (χ0v) is 12.2. The Kier molecular flexibility index (Phi) is 2.28. The first-order chi connectivity index (χ1) is 9.47. The topological polar surface area (TPSA) is 55.9 Å². The molecule has 2 aliphatic heterocycles. The minimum absolute atomic E-state index is 0.0491. The van der Waals surface area contributed by atoms with Gasteiger partial charge in [-0.1, -0.05) is 0 Å². The summed E-state index contributed by atoms with van der Waals surface area (Å²) in [6.45, 7) is 5.12. The molecule has 2 heterocycles. The summed E-state index contributed by atoms with van der Waals surface area (Å²) in [6, 6.07) is 0.557. The highest BCUT2D eigenvalue weighted by Crippen LogP contribution is 2.66. The van der Waals surface area contributed by atoms with E-state index < -0.39 is 0 Å². The Morgan fingerprint density at radius 1 is 1.40 bits per heavy atom. The zero-order chi connectivity index (χ0) is 14.1. The average molecular weight is 278 g/mol. The van der Waals surface area contributed by atoms with Crippen molar-refractivity contribution in [3.05, 3.63) is 0 Å². The van der Waals surface area contributed by atoms with Crippen LogP contribution in [0.4, 0.5) is 4.79 Å². The van der Waals surface area contributed by atoms with Crippen LogP contribution in [0.2, 0.25) is 0 Å². The number of nitrogens with zero attached hydrogens (tertiary/aromatic N) is 3. The molecule has 3 aliphatic carbocycles. The van der Waals surface area contributed by atoms with Crippen LogP contribution in [0.25, 0.3) is 0 Å². The van der Waals surface area contributed by atoms with E-state index in [1.807, 2.05) is 16.8 Å². The van der Waals surface area contributed by atoms with Crippen LogP contribution in [0.3, 0.4) is 0 Å². The molecule has 2 bridgehead atoms. The Morgan fingerprint density at radius 2 is 2.10 bits per heavy atom. The van der Waals surface area contributed by atoms with Crippen molar-refractivity contribution in [2.75, 3.05) is 33.2 Å². The number of hydrogen-bond acceptors (Lipinski definition) is 3.